The molecule has 1 aromatic heterocycles. The molecule has 0 aromatic carbocycles. The van der Waals surface area contributed by atoms with E-state index in [1.165, 1.54) is 12.3 Å². The van der Waals surface area contributed by atoms with Crippen LogP contribution in [0.4, 0.5) is 10.2 Å². The fourth-order valence-electron chi connectivity index (χ4n) is 2.36. The van der Waals surface area contributed by atoms with Gasteiger partial charge in [-0.2, -0.15) is 0 Å². The zero-order valence-electron chi connectivity index (χ0n) is 9.28. The van der Waals surface area contributed by atoms with E-state index >= 15 is 0 Å². The molecule has 2 fully saturated rings. The number of carbonyl (C=O) groups is 1. The molecule has 0 N–H and O–H groups in total. The number of halogens is 1. The maximum atomic E-state index is 14.0. The average molecular weight is 235 g/mol. The van der Waals surface area contributed by atoms with E-state index in [-0.39, 0.29) is 16.8 Å². The predicted octanol–water partition coefficient (Wildman–Crippen LogP) is 1.07. The van der Waals surface area contributed by atoms with Crippen LogP contribution in [0, 0.1) is 18.2 Å². The van der Waals surface area contributed by atoms with Crippen LogP contribution < -0.4 is 4.90 Å². The molecule has 5 heteroatoms. The van der Waals surface area contributed by atoms with E-state index in [1.54, 1.807) is 0 Å². The third kappa shape index (κ3) is 1.53. The number of hydrogen-bond donors (Lipinski definition) is 0. The van der Waals surface area contributed by atoms with E-state index < -0.39 is 11.6 Å². The number of aromatic nitrogens is 1. The second-order valence-electron chi connectivity index (χ2n) is 4.77. The molecule has 3 rings (SSSR count). The van der Waals surface area contributed by atoms with Gasteiger partial charge in [-0.1, -0.05) is 0 Å². The van der Waals surface area contributed by atoms with Crippen LogP contribution in [-0.2, 0) is 4.74 Å². The first-order chi connectivity index (χ1) is 8.11. The number of anilines is 1. The van der Waals surface area contributed by atoms with Crippen molar-refractivity contribution in [3.05, 3.63) is 30.6 Å². The second-order valence-corrected chi connectivity index (χ2v) is 4.77. The summed E-state index contributed by atoms with van der Waals surface area (Å²) in [5, 5.41) is 0. The Hall–Kier alpha value is -1.49. The molecule has 1 spiro atoms. The number of nitrogens with zero attached hydrogens (tertiary/aromatic N) is 2. The molecule has 2 saturated heterocycles. The Balaban J connectivity index is 1.84. The van der Waals surface area contributed by atoms with Crippen molar-refractivity contribution in [2.75, 3.05) is 31.2 Å². The fourth-order valence-corrected chi connectivity index (χ4v) is 2.36. The monoisotopic (exact) mass is 235 g/mol. The van der Waals surface area contributed by atoms with Crippen LogP contribution in [0.15, 0.2) is 12.3 Å². The molecule has 3 heterocycles. The number of carbonyl (C=O) groups excluding carboxylic acids is 1. The van der Waals surface area contributed by atoms with Crippen molar-refractivity contribution >= 4 is 11.6 Å². The molecule has 0 bridgehead atoms. The Bertz CT molecular complexity index is 477. The predicted molar refractivity (Wildman–Crippen MR) is 59.3 cm³/mol. The van der Waals surface area contributed by atoms with E-state index in [2.05, 4.69) is 11.9 Å². The molecule has 0 aliphatic carbocycles. The summed E-state index contributed by atoms with van der Waals surface area (Å²) in [6.07, 6.45) is 1.44. The van der Waals surface area contributed by atoms with E-state index in [1.807, 2.05) is 4.90 Å². The number of pyridine rings is 1. The lowest BCUT2D eigenvalue weighted by Gasteiger charge is -2.55. The molecule has 1 aromatic rings. The van der Waals surface area contributed by atoms with E-state index in [0.29, 0.717) is 0 Å². The van der Waals surface area contributed by atoms with Gasteiger partial charge < -0.3 is 9.64 Å². The Morgan fingerprint density at radius 3 is 2.76 bits per heavy atom. The van der Waals surface area contributed by atoms with Crippen LogP contribution in [-0.4, -0.2) is 37.1 Å². The average Bonchev–Trinajstić information content (AvgIpc) is 2.15. The lowest BCUT2D eigenvalue weighted by molar-refractivity contribution is -0.127. The highest BCUT2D eigenvalue weighted by molar-refractivity contribution is 6.00. The van der Waals surface area contributed by atoms with Crippen LogP contribution in [0.3, 0.4) is 0 Å². The molecular formula is C12H12FN2O2. The molecule has 0 unspecified atom stereocenters. The van der Waals surface area contributed by atoms with Crippen LogP contribution in [0.5, 0.6) is 0 Å². The minimum Gasteiger partial charge on any atom is -0.380 e. The third-order valence-electron chi connectivity index (χ3n) is 3.34. The van der Waals surface area contributed by atoms with Crippen LogP contribution in [0.25, 0.3) is 0 Å². The summed E-state index contributed by atoms with van der Waals surface area (Å²) >= 11 is 0. The van der Waals surface area contributed by atoms with Gasteiger partial charge in [0.2, 0.25) is 0 Å². The van der Waals surface area contributed by atoms with Gasteiger partial charge in [-0.25, -0.2) is 9.37 Å². The quantitative estimate of drug-likeness (QED) is 0.719. The molecule has 89 valence electrons. The van der Waals surface area contributed by atoms with Gasteiger partial charge in [0, 0.05) is 26.2 Å². The molecule has 0 atom stereocenters. The SMILES string of the molecule is [CH2]C(=O)c1ccnc(N2CC3(COC3)C2)c1F. The van der Waals surface area contributed by atoms with Gasteiger partial charge in [-0.05, 0) is 6.07 Å². The summed E-state index contributed by atoms with van der Waals surface area (Å²) < 4.78 is 19.1. The lowest BCUT2D eigenvalue weighted by atomic mass is 9.78. The van der Waals surface area contributed by atoms with E-state index in [4.69, 9.17) is 4.74 Å². The van der Waals surface area contributed by atoms with E-state index in [9.17, 15) is 9.18 Å². The summed E-state index contributed by atoms with van der Waals surface area (Å²) in [4.78, 5) is 17.0. The molecular weight excluding hydrogens is 223 g/mol. The molecule has 2 aliphatic rings. The second kappa shape index (κ2) is 3.50. The smallest absolute Gasteiger partial charge is 0.176 e. The normalized spacial score (nSPS) is 20.9. The Morgan fingerprint density at radius 2 is 2.24 bits per heavy atom. The number of ether oxygens (including phenoxy) is 1. The van der Waals surface area contributed by atoms with Crippen molar-refractivity contribution in [2.24, 2.45) is 5.41 Å². The van der Waals surface area contributed by atoms with Gasteiger partial charge in [0.1, 0.15) is 0 Å². The first-order valence-corrected chi connectivity index (χ1v) is 5.45. The summed E-state index contributed by atoms with van der Waals surface area (Å²) in [6.45, 7) is 6.18. The number of rotatable bonds is 2. The summed E-state index contributed by atoms with van der Waals surface area (Å²) in [6, 6.07) is 1.36. The zero-order chi connectivity index (χ0) is 12.0. The Labute approximate surface area is 98.4 Å². The van der Waals surface area contributed by atoms with Crippen molar-refractivity contribution in [3.8, 4) is 0 Å². The Morgan fingerprint density at radius 1 is 1.53 bits per heavy atom. The van der Waals surface area contributed by atoms with Crippen molar-refractivity contribution in [3.63, 3.8) is 0 Å². The maximum Gasteiger partial charge on any atom is 0.176 e. The van der Waals surface area contributed by atoms with Crippen LogP contribution >= 0.6 is 0 Å². The number of ketones is 1. The highest BCUT2D eigenvalue weighted by Crippen LogP contribution is 2.40. The summed E-state index contributed by atoms with van der Waals surface area (Å²) in [7, 11) is 0. The van der Waals surface area contributed by atoms with Crippen molar-refractivity contribution in [1.29, 1.82) is 0 Å². The molecule has 0 amide bonds. The standard InChI is InChI=1S/C12H12FN2O2/c1-8(16)9-2-3-14-11(10(9)13)15-4-12(5-15)6-17-7-12/h2-3H,1,4-7H2. The van der Waals surface area contributed by atoms with Gasteiger partial charge in [-0.3, -0.25) is 4.79 Å². The van der Waals surface area contributed by atoms with Crippen molar-refractivity contribution in [2.45, 2.75) is 0 Å². The first kappa shape index (κ1) is 10.7. The third-order valence-corrected chi connectivity index (χ3v) is 3.34. The topological polar surface area (TPSA) is 42.4 Å². The molecule has 17 heavy (non-hydrogen) atoms. The highest BCUT2D eigenvalue weighted by atomic mass is 19.1. The molecule has 0 saturated carbocycles. The van der Waals surface area contributed by atoms with Gasteiger partial charge in [0.15, 0.2) is 17.4 Å². The summed E-state index contributed by atoms with van der Waals surface area (Å²) in [5.74, 6) is -0.840. The molecule has 4 nitrogen and oxygen atoms in total. The maximum absolute atomic E-state index is 14.0. The van der Waals surface area contributed by atoms with Gasteiger partial charge in [-0.15, -0.1) is 0 Å². The fraction of sp³-hybridized carbons (Fsp3) is 0.417. The Kier molecular flexibility index (Phi) is 2.19. The molecule has 1 radical (unpaired) electrons. The first-order valence-electron chi connectivity index (χ1n) is 5.45. The van der Waals surface area contributed by atoms with Crippen LogP contribution in [0.1, 0.15) is 10.4 Å². The van der Waals surface area contributed by atoms with Crippen LogP contribution in [0.2, 0.25) is 0 Å². The van der Waals surface area contributed by atoms with Gasteiger partial charge in [0.25, 0.3) is 0 Å². The molecule has 2 aliphatic heterocycles. The number of hydrogen-bond acceptors (Lipinski definition) is 4. The zero-order valence-corrected chi connectivity index (χ0v) is 9.28. The minimum atomic E-state index is -0.567. The number of Topliss-reactive ketones (excluding diaryl/α,β-unsaturated/α-hetero) is 1. The van der Waals surface area contributed by atoms with Gasteiger partial charge >= 0.3 is 0 Å². The largest absolute Gasteiger partial charge is 0.380 e. The van der Waals surface area contributed by atoms with Crippen molar-refractivity contribution in [1.82, 2.24) is 4.98 Å². The minimum absolute atomic E-state index is 0.000749. The van der Waals surface area contributed by atoms with E-state index in [0.717, 1.165) is 26.3 Å². The van der Waals surface area contributed by atoms with Crippen molar-refractivity contribution < 1.29 is 13.9 Å². The highest BCUT2D eigenvalue weighted by Gasteiger charge is 2.50. The lowest BCUT2D eigenvalue weighted by Crippen LogP contribution is -2.66. The summed E-state index contributed by atoms with van der Waals surface area (Å²) in [5.41, 5.74) is 0.194. The van der Waals surface area contributed by atoms with Gasteiger partial charge in [0.05, 0.1) is 24.2 Å².